The van der Waals surface area contributed by atoms with Gasteiger partial charge in [-0.05, 0) is 86.0 Å². The van der Waals surface area contributed by atoms with E-state index in [-0.39, 0.29) is 72.8 Å². The number of carboxylic acid groups (broad SMARTS) is 1. The Balaban J connectivity index is 1.35. The summed E-state index contributed by atoms with van der Waals surface area (Å²) in [6.45, 7) is 11.0. The predicted octanol–water partition coefficient (Wildman–Crippen LogP) is 4.43. The van der Waals surface area contributed by atoms with Gasteiger partial charge in [0.15, 0.2) is 0 Å². The number of hydrogen-bond donors (Lipinski definition) is 2. The Labute approximate surface area is 244 Å². The molecule has 0 saturated carbocycles. The zero-order valence-electron chi connectivity index (χ0n) is 25.7. The van der Waals surface area contributed by atoms with E-state index in [1.54, 1.807) is 6.92 Å². The second-order valence-corrected chi connectivity index (χ2v) is 12.6. The monoisotopic (exact) mass is 584 g/mol. The average Bonchev–Trinajstić information content (AvgIpc) is 3.68. The predicted molar refractivity (Wildman–Crippen MR) is 150 cm³/mol. The fraction of sp³-hybridized carbons (Fsp3) is 0.903. The maximum atomic E-state index is 12.8. The number of hydrogen-bond acceptors (Lipinski definition) is 9. The Hall–Kier alpha value is -1.75. The first kappa shape index (κ1) is 33.7. The van der Waals surface area contributed by atoms with E-state index >= 15 is 0 Å². The van der Waals surface area contributed by atoms with Gasteiger partial charge in [0.25, 0.3) is 0 Å². The second-order valence-electron chi connectivity index (χ2n) is 12.6. The van der Waals surface area contributed by atoms with Crippen LogP contribution in [-0.4, -0.2) is 83.1 Å². The molecule has 236 valence electrons. The molecule has 0 amide bonds. The van der Waals surface area contributed by atoms with Crippen LogP contribution >= 0.6 is 0 Å². The lowest BCUT2D eigenvalue weighted by atomic mass is 10.0. The molecule has 0 spiro atoms. The van der Waals surface area contributed by atoms with Gasteiger partial charge in [0, 0.05) is 12.8 Å². The number of carbonyl (C=O) groups excluding carboxylic acids is 2. The second kappa shape index (κ2) is 15.6. The van der Waals surface area contributed by atoms with Crippen molar-refractivity contribution in [2.24, 2.45) is 17.8 Å². The molecule has 12 unspecified atom stereocenters. The number of aliphatic carboxylic acids is 1. The van der Waals surface area contributed by atoms with Crippen LogP contribution in [0.2, 0.25) is 0 Å². The van der Waals surface area contributed by atoms with Gasteiger partial charge in [0.2, 0.25) is 0 Å². The third-order valence-corrected chi connectivity index (χ3v) is 9.06. The van der Waals surface area contributed by atoms with Crippen molar-refractivity contribution >= 4 is 17.9 Å². The molecule has 0 radical (unpaired) electrons. The quantitative estimate of drug-likeness (QED) is 0.266. The molecule has 10 heteroatoms. The number of carboxylic acids is 1. The zero-order valence-corrected chi connectivity index (χ0v) is 25.7. The molecule has 0 aliphatic carbocycles. The molecule has 0 bridgehead atoms. The van der Waals surface area contributed by atoms with Crippen LogP contribution in [0.1, 0.15) is 106 Å². The summed E-state index contributed by atoms with van der Waals surface area (Å²) < 4.78 is 29.5. The lowest BCUT2D eigenvalue weighted by Crippen LogP contribution is -2.33. The molecule has 3 rings (SSSR count). The van der Waals surface area contributed by atoms with E-state index in [4.69, 9.17) is 23.7 Å². The van der Waals surface area contributed by atoms with Gasteiger partial charge in [-0.2, -0.15) is 0 Å². The van der Waals surface area contributed by atoms with Gasteiger partial charge in [-0.25, -0.2) is 0 Å². The van der Waals surface area contributed by atoms with Crippen LogP contribution < -0.4 is 0 Å². The lowest BCUT2D eigenvalue weighted by molar-refractivity contribution is -0.160. The number of aliphatic hydroxyl groups is 1. The zero-order chi connectivity index (χ0) is 30.3. The standard InChI is InChI=1S/C31H52O10/c1-7-22(32)16-25-10-13-28(41-25)21(6)31(36)38-18(3)15-24-9-12-27(40-24)20(5)30(35)37-17(2)14-23-8-11-26(39-23)19(4)29(33)34/h17-28,32H,7-16H2,1-6H3,(H,33,34). The van der Waals surface area contributed by atoms with Crippen LogP contribution in [0.5, 0.6) is 0 Å². The topological polar surface area (TPSA) is 138 Å². The van der Waals surface area contributed by atoms with Crippen LogP contribution in [-0.2, 0) is 38.1 Å². The van der Waals surface area contributed by atoms with Crippen LogP contribution in [0.25, 0.3) is 0 Å². The molecule has 3 fully saturated rings. The molecule has 3 aliphatic rings. The summed E-state index contributed by atoms with van der Waals surface area (Å²) in [5.41, 5.74) is 0. The van der Waals surface area contributed by atoms with Crippen LogP contribution in [0, 0.1) is 17.8 Å². The van der Waals surface area contributed by atoms with Crippen LogP contribution in [0.15, 0.2) is 0 Å². The molecule has 12 atom stereocenters. The van der Waals surface area contributed by atoms with E-state index < -0.39 is 17.8 Å². The minimum atomic E-state index is -0.863. The normalized spacial score (nSPS) is 32.6. The van der Waals surface area contributed by atoms with Gasteiger partial charge >= 0.3 is 17.9 Å². The van der Waals surface area contributed by atoms with Gasteiger partial charge in [-0.15, -0.1) is 0 Å². The fourth-order valence-corrected chi connectivity index (χ4v) is 6.20. The van der Waals surface area contributed by atoms with Crippen molar-refractivity contribution in [1.29, 1.82) is 0 Å². The summed E-state index contributed by atoms with van der Waals surface area (Å²) >= 11 is 0. The summed E-state index contributed by atoms with van der Waals surface area (Å²) in [6, 6.07) is 0. The van der Waals surface area contributed by atoms with Gasteiger partial charge < -0.3 is 33.9 Å². The summed E-state index contributed by atoms with van der Waals surface area (Å²) in [6.07, 6.45) is 4.92. The molecule has 0 aromatic heterocycles. The largest absolute Gasteiger partial charge is 0.481 e. The number of rotatable bonds is 15. The molecule has 3 heterocycles. The molecule has 41 heavy (non-hydrogen) atoms. The molecule has 3 saturated heterocycles. The first-order valence-electron chi connectivity index (χ1n) is 15.7. The van der Waals surface area contributed by atoms with Crippen molar-refractivity contribution in [3.63, 3.8) is 0 Å². The van der Waals surface area contributed by atoms with Crippen molar-refractivity contribution in [2.45, 2.75) is 161 Å². The highest BCUT2D eigenvalue weighted by atomic mass is 16.6. The smallest absolute Gasteiger partial charge is 0.311 e. The Morgan fingerprint density at radius 1 is 0.659 bits per heavy atom. The highest BCUT2D eigenvalue weighted by Crippen LogP contribution is 2.32. The van der Waals surface area contributed by atoms with Gasteiger partial charge in [-0.1, -0.05) is 6.92 Å². The van der Waals surface area contributed by atoms with Crippen molar-refractivity contribution in [3.8, 4) is 0 Å². The Bertz CT molecular complexity index is 864. The summed E-state index contributed by atoms with van der Waals surface area (Å²) in [5.74, 6) is -2.82. The van der Waals surface area contributed by atoms with E-state index in [0.29, 0.717) is 32.1 Å². The van der Waals surface area contributed by atoms with Gasteiger partial charge in [-0.3, -0.25) is 14.4 Å². The molecule has 0 aromatic carbocycles. The number of ether oxygens (including phenoxy) is 5. The summed E-state index contributed by atoms with van der Waals surface area (Å²) in [7, 11) is 0. The highest BCUT2D eigenvalue weighted by Gasteiger charge is 2.38. The Morgan fingerprint density at radius 2 is 1.02 bits per heavy atom. The summed E-state index contributed by atoms with van der Waals surface area (Å²) in [5, 5.41) is 19.1. The van der Waals surface area contributed by atoms with Crippen LogP contribution in [0.4, 0.5) is 0 Å². The van der Waals surface area contributed by atoms with Crippen molar-refractivity contribution in [3.05, 3.63) is 0 Å². The maximum absolute atomic E-state index is 12.8. The minimum Gasteiger partial charge on any atom is -0.481 e. The maximum Gasteiger partial charge on any atom is 0.311 e. The average molecular weight is 585 g/mol. The van der Waals surface area contributed by atoms with E-state index in [1.165, 1.54) is 0 Å². The molecule has 0 aromatic rings. The molecule has 10 nitrogen and oxygen atoms in total. The SMILES string of the molecule is CCC(O)CC1CCC(C(C)C(=O)OC(C)CC2CCC(C(C)C(=O)OC(C)CC3CCC(C(C)C(=O)O)O3)O2)O1. The number of aliphatic hydroxyl groups excluding tert-OH is 1. The van der Waals surface area contributed by atoms with Crippen molar-refractivity contribution in [1.82, 2.24) is 0 Å². The lowest BCUT2D eigenvalue weighted by Gasteiger charge is -2.25. The molecule has 3 aliphatic heterocycles. The first-order chi connectivity index (χ1) is 19.4. The van der Waals surface area contributed by atoms with Gasteiger partial charge in [0.05, 0.1) is 60.5 Å². The van der Waals surface area contributed by atoms with Crippen molar-refractivity contribution < 1.29 is 48.3 Å². The third kappa shape index (κ3) is 9.90. The van der Waals surface area contributed by atoms with Gasteiger partial charge in [0.1, 0.15) is 12.2 Å². The van der Waals surface area contributed by atoms with E-state index in [0.717, 1.165) is 32.1 Å². The summed E-state index contributed by atoms with van der Waals surface area (Å²) in [4.78, 5) is 36.8. The molecular weight excluding hydrogens is 532 g/mol. The highest BCUT2D eigenvalue weighted by molar-refractivity contribution is 5.73. The number of carbonyl (C=O) groups is 3. The van der Waals surface area contributed by atoms with E-state index in [9.17, 15) is 24.6 Å². The van der Waals surface area contributed by atoms with Crippen molar-refractivity contribution in [2.75, 3.05) is 0 Å². The number of esters is 2. The minimum absolute atomic E-state index is 0.0147. The van der Waals surface area contributed by atoms with E-state index in [1.807, 2.05) is 34.6 Å². The Morgan fingerprint density at radius 3 is 1.39 bits per heavy atom. The van der Waals surface area contributed by atoms with E-state index in [2.05, 4.69) is 0 Å². The molecule has 2 N–H and O–H groups in total. The van der Waals surface area contributed by atoms with Crippen LogP contribution in [0.3, 0.4) is 0 Å². The fourth-order valence-electron chi connectivity index (χ4n) is 6.20. The first-order valence-corrected chi connectivity index (χ1v) is 15.7. The molecular formula is C31H52O10. The Kier molecular flexibility index (Phi) is 12.9. The third-order valence-electron chi connectivity index (χ3n) is 9.06.